The minimum atomic E-state index is -0.183. The molecule has 1 unspecified atom stereocenters. The lowest BCUT2D eigenvalue weighted by Crippen LogP contribution is -2.59. The second-order valence-electron chi connectivity index (χ2n) is 7.17. The highest BCUT2D eigenvalue weighted by Crippen LogP contribution is 2.32. The summed E-state index contributed by atoms with van der Waals surface area (Å²) in [6.45, 7) is 10.9. The summed E-state index contributed by atoms with van der Waals surface area (Å²) in [5.74, 6) is 1.50. The zero-order valence-electron chi connectivity index (χ0n) is 15.1. The highest BCUT2D eigenvalue weighted by atomic mass is 16.5. The third kappa shape index (κ3) is 3.28. The monoisotopic (exact) mass is 347 g/mol. The molecule has 4 heterocycles. The SMILES string of the molecule is Cc1nnc(N2CCCC3(CN(Cc4c(C)noc4C)CCO3)C2)o1. The Kier molecular flexibility index (Phi) is 4.24. The summed E-state index contributed by atoms with van der Waals surface area (Å²) in [7, 11) is 0. The van der Waals surface area contributed by atoms with Crippen molar-refractivity contribution in [3.05, 3.63) is 22.9 Å². The van der Waals surface area contributed by atoms with E-state index in [0.717, 1.165) is 63.6 Å². The molecule has 2 aromatic rings. The van der Waals surface area contributed by atoms with E-state index in [0.29, 0.717) is 11.9 Å². The molecule has 0 N–H and O–H groups in total. The van der Waals surface area contributed by atoms with Gasteiger partial charge < -0.3 is 18.6 Å². The predicted octanol–water partition coefficient (Wildman–Crippen LogP) is 1.85. The van der Waals surface area contributed by atoms with Crippen molar-refractivity contribution in [2.24, 2.45) is 0 Å². The third-order valence-electron chi connectivity index (χ3n) is 5.22. The Hall–Kier alpha value is -1.93. The summed E-state index contributed by atoms with van der Waals surface area (Å²) in [5.41, 5.74) is 1.99. The molecule has 2 saturated heterocycles. The van der Waals surface area contributed by atoms with Crippen molar-refractivity contribution < 1.29 is 13.7 Å². The van der Waals surface area contributed by atoms with Gasteiger partial charge in [-0.25, -0.2) is 0 Å². The number of anilines is 1. The van der Waals surface area contributed by atoms with Crippen LogP contribution in [0.4, 0.5) is 6.01 Å². The van der Waals surface area contributed by atoms with Crippen LogP contribution in [0.15, 0.2) is 8.94 Å². The van der Waals surface area contributed by atoms with Gasteiger partial charge in [0.2, 0.25) is 5.89 Å². The second-order valence-corrected chi connectivity index (χ2v) is 7.17. The molecule has 0 saturated carbocycles. The standard InChI is InChI=1S/C17H25N5O3/c1-12-15(13(2)25-20-12)9-21-7-8-23-17(10-21)5-4-6-22(11-17)16-19-18-14(3)24-16/h4-11H2,1-3H3. The van der Waals surface area contributed by atoms with E-state index in [2.05, 4.69) is 25.2 Å². The number of aromatic nitrogens is 3. The van der Waals surface area contributed by atoms with Gasteiger partial charge in [0.25, 0.3) is 0 Å². The summed E-state index contributed by atoms with van der Waals surface area (Å²) in [6.07, 6.45) is 2.11. The average molecular weight is 347 g/mol. The minimum absolute atomic E-state index is 0.183. The first-order valence-electron chi connectivity index (χ1n) is 8.88. The van der Waals surface area contributed by atoms with Crippen molar-refractivity contribution in [1.82, 2.24) is 20.3 Å². The number of piperidine rings is 1. The van der Waals surface area contributed by atoms with Gasteiger partial charge in [0.15, 0.2) is 0 Å². The topological polar surface area (TPSA) is 80.7 Å². The zero-order valence-corrected chi connectivity index (χ0v) is 15.1. The molecular formula is C17H25N5O3. The molecule has 0 bridgehead atoms. The fraction of sp³-hybridized carbons (Fsp3) is 0.706. The molecule has 2 aromatic heterocycles. The van der Waals surface area contributed by atoms with Crippen LogP contribution in [0.25, 0.3) is 0 Å². The maximum Gasteiger partial charge on any atom is 0.318 e. The van der Waals surface area contributed by atoms with E-state index >= 15 is 0 Å². The van der Waals surface area contributed by atoms with Crippen molar-refractivity contribution >= 4 is 6.01 Å². The number of hydrogen-bond acceptors (Lipinski definition) is 8. The van der Waals surface area contributed by atoms with E-state index in [-0.39, 0.29) is 5.60 Å². The molecule has 1 atom stereocenters. The summed E-state index contributed by atoms with van der Waals surface area (Å²) in [4.78, 5) is 4.60. The Bertz CT molecular complexity index is 719. The molecule has 2 aliphatic heterocycles. The maximum atomic E-state index is 6.26. The van der Waals surface area contributed by atoms with Crippen LogP contribution in [-0.2, 0) is 11.3 Å². The molecule has 2 fully saturated rings. The highest BCUT2D eigenvalue weighted by molar-refractivity contribution is 5.27. The zero-order chi connectivity index (χ0) is 17.4. The fourth-order valence-corrected chi connectivity index (χ4v) is 3.93. The Morgan fingerprint density at radius 3 is 2.72 bits per heavy atom. The largest absolute Gasteiger partial charge is 0.408 e. The Labute approximate surface area is 147 Å². The summed E-state index contributed by atoms with van der Waals surface area (Å²) in [5, 5.41) is 12.2. The molecule has 1 spiro atoms. The molecule has 136 valence electrons. The van der Waals surface area contributed by atoms with E-state index in [9.17, 15) is 0 Å². The lowest BCUT2D eigenvalue weighted by Gasteiger charge is -2.47. The first-order chi connectivity index (χ1) is 12.0. The van der Waals surface area contributed by atoms with Crippen LogP contribution in [0, 0.1) is 20.8 Å². The molecule has 0 amide bonds. The van der Waals surface area contributed by atoms with E-state index in [1.54, 1.807) is 0 Å². The van der Waals surface area contributed by atoms with Gasteiger partial charge in [0, 0.05) is 38.7 Å². The van der Waals surface area contributed by atoms with Crippen LogP contribution in [0.3, 0.4) is 0 Å². The Morgan fingerprint density at radius 2 is 2.00 bits per heavy atom. The minimum Gasteiger partial charge on any atom is -0.408 e. The molecule has 25 heavy (non-hydrogen) atoms. The Morgan fingerprint density at radius 1 is 1.12 bits per heavy atom. The maximum absolute atomic E-state index is 6.26. The third-order valence-corrected chi connectivity index (χ3v) is 5.22. The normalized spacial score (nSPS) is 25.0. The number of aryl methyl sites for hydroxylation is 3. The smallest absolute Gasteiger partial charge is 0.318 e. The van der Waals surface area contributed by atoms with Crippen molar-refractivity contribution in [3.8, 4) is 0 Å². The molecule has 8 nitrogen and oxygen atoms in total. The fourth-order valence-electron chi connectivity index (χ4n) is 3.93. The number of rotatable bonds is 3. The number of morpholine rings is 1. The summed E-state index contributed by atoms with van der Waals surface area (Å²) < 4.78 is 17.2. The van der Waals surface area contributed by atoms with Gasteiger partial charge in [-0.3, -0.25) is 4.90 Å². The second kappa shape index (κ2) is 6.42. The quantitative estimate of drug-likeness (QED) is 0.832. The van der Waals surface area contributed by atoms with Crippen molar-refractivity contribution in [2.75, 3.05) is 37.7 Å². The lowest BCUT2D eigenvalue weighted by atomic mass is 9.90. The average Bonchev–Trinajstić information content (AvgIpc) is 3.16. The molecule has 2 aliphatic rings. The van der Waals surface area contributed by atoms with Gasteiger partial charge in [0.05, 0.1) is 24.4 Å². The van der Waals surface area contributed by atoms with E-state index in [1.165, 1.54) is 5.56 Å². The van der Waals surface area contributed by atoms with Crippen LogP contribution >= 0.6 is 0 Å². The molecule has 4 rings (SSSR count). The van der Waals surface area contributed by atoms with E-state index < -0.39 is 0 Å². The number of nitrogens with zero attached hydrogens (tertiary/aromatic N) is 5. The van der Waals surface area contributed by atoms with Crippen LogP contribution in [-0.4, -0.2) is 58.6 Å². The van der Waals surface area contributed by atoms with Crippen LogP contribution in [0.5, 0.6) is 0 Å². The van der Waals surface area contributed by atoms with Gasteiger partial charge in [-0.1, -0.05) is 10.3 Å². The van der Waals surface area contributed by atoms with Gasteiger partial charge in [-0.05, 0) is 26.7 Å². The number of ether oxygens (including phenoxy) is 1. The van der Waals surface area contributed by atoms with Crippen molar-refractivity contribution in [1.29, 1.82) is 0 Å². The van der Waals surface area contributed by atoms with Crippen LogP contribution in [0.1, 0.15) is 35.7 Å². The van der Waals surface area contributed by atoms with Gasteiger partial charge in [-0.2, -0.15) is 0 Å². The Balaban J connectivity index is 1.47. The molecule has 8 heteroatoms. The summed E-state index contributed by atoms with van der Waals surface area (Å²) in [6, 6.07) is 0.600. The van der Waals surface area contributed by atoms with Crippen molar-refractivity contribution in [2.45, 2.75) is 45.8 Å². The van der Waals surface area contributed by atoms with Gasteiger partial charge in [-0.15, -0.1) is 5.10 Å². The van der Waals surface area contributed by atoms with Gasteiger partial charge >= 0.3 is 6.01 Å². The molecule has 0 aromatic carbocycles. The molecule has 0 aliphatic carbocycles. The van der Waals surface area contributed by atoms with Crippen LogP contribution < -0.4 is 4.90 Å². The highest BCUT2D eigenvalue weighted by Gasteiger charge is 2.41. The van der Waals surface area contributed by atoms with E-state index in [4.69, 9.17) is 13.7 Å². The predicted molar refractivity (Wildman–Crippen MR) is 90.4 cm³/mol. The van der Waals surface area contributed by atoms with Gasteiger partial charge in [0.1, 0.15) is 5.76 Å². The lowest BCUT2D eigenvalue weighted by molar-refractivity contribution is -0.116. The van der Waals surface area contributed by atoms with Crippen molar-refractivity contribution in [3.63, 3.8) is 0 Å². The molecule has 0 radical (unpaired) electrons. The van der Waals surface area contributed by atoms with E-state index in [1.807, 2.05) is 20.8 Å². The molecular weight excluding hydrogens is 322 g/mol. The van der Waals surface area contributed by atoms with Crippen LogP contribution in [0.2, 0.25) is 0 Å². The first-order valence-corrected chi connectivity index (χ1v) is 8.88. The summed E-state index contributed by atoms with van der Waals surface area (Å²) >= 11 is 0. The first kappa shape index (κ1) is 16.5. The number of hydrogen-bond donors (Lipinski definition) is 0.